The molecule has 0 saturated carbocycles. The van der Waals surface area contributed by atoms with Gasteiger partial charge in [0.1, 0.15) is 22.2 Å². The van der Waals surface area contributed by atoms with Crippen LogP contribution in [0.15, 0.2) is 33.6 Å². The number of rotatable bonds is 6. The molecule has 0 spiro atoms. The number of nitrogens with zero attached hydrogens (tertiary/aromatic N) is 1. The zero-order valence-corrected chi connectivity index (χ0v) is 14.1. The maximum absolute atomic E-state index is 14.2. The van der Waals surface area contributed by atoms with E-state index < -0.39 is 20.7 Å². The Bertz CT molecular complexity index is 800. The summed E-state index contributed by atoms with van der Waals surface area (Å²) in [4.78, 5) is -0.485. The summed E-state index contributed by atoms with van der Waals surface area (Å²) < 4.78 is 55.7. The molecule has 1 aromatic carbocycles. The third-order valence-corrected chi connectivity index (χ3v) is 5.12. The van der Waals surface area contributed by atoms with Crippen LogP contribution in [-0.2, 0) is 16.6 Å². The predicted octanol–water partition coefficient (Wildman–Crippen LogP) is 2.57. The van der Waals surface area contributed by atoms with E-state index in [-0.39, 0.29) is 18.0 Å². The van der Waals surface area contributed by atoms with Gasteiger partial charge < -0.3 is 13.9 Å². The summed E-state index contributed by atoms with van der Waals surface area (Å²) in [7, 11) is -0.0101. The normalized spacial score (nSPS) is 11.7. The Kier molecular flexibility index (Phi) is 4.96. The van der Waals surface area contributed by atoms with Gasteiger partial charge >= 0.3 is 0 Å². The minimum atomic E-state index is -4.05. The summed E-state index contributed by atoms with van der Waals surface area (Å²) in [5, 5.41) is 0. The number of halogens is 1. The Labute approximate surface area is 134 Å². The molecule has 1 aromatic heterocycles. The molecule has 0 atom stereocenters. The molecular formula is C15H18FNO5S. The van der Waals surface area contributed by atoms with Crippen molar-refractivity contribution in [3.05, 3.63) is 41.6 Å². The van der Waals surface area contributed by atoms with Gasteiger partial charge in [-0.25, -0.2) is 12.8 Å². The molecule has 2 rings (SSSR count). The number of furan rings is 1. The maximum Gasteiger partial charge on any atom is 0.246 e. The number of benzene rings is 1. The molecule has 8 heteroatoms. The molecule has 23 heavy (non-hydrogen) atoms. The summed E-state index contributed by atoms with van der Waals surface area (Å²) in [5.74, 6) is 0.477. The zero-order valence-electron chi connectivity index (χ0n) is 13.3. The Morgan fingerprint density at radius 2 is 1.78 bits per heavy atom. The Balaban J connectivity index is 2.38. The van der Waals surface area contributed by atoms with Crippen molar-refractivity contribution in [3.8, 4) is 11.5 Å². The van der Waals surface area contributed by atoms with Gasteiger partial charge in [-0.1, -0.05) is 0 Å². The molecule has 0 unspecified atom stereocenters. The molecule has 0 aliphatic heterocycles. The van der Waals surface area contributed by atoms with Crippen LogP contribution in [-0.4, -0.2) is 34.0 Å². The Morgan fingerprint density at radius 3 is 2.30 bits per heavy atom. The van der Waals surface area contributed by atoms with Crippen molar-refractivity contribution in [2.75, 3.05) is 21.3 Å². The molecule has 0 saturated heterocycles. The van der Waals surface area contributed by atoms with E-state index >= 15 is 0 Å². The van der Waals surface area contributed by atoms with Crippen molar-refractivity contribution >= 4 is 10.0 Å². The Morgan fingerprint density at radius 1 is 1.17 bits per heavy atom. The molecule has 0 radical (unpaired) electrons. The van der Waals surface area contributed by atoms with Crippen LogP contribution in [0, 0.1) is 12.7 Å². The average molecular weight is 343 g/mol. The van der Waals surface area contributed by atoms with Crippen LogP contribution in [0.2, 0.25) is 0 Å². The molecule has 6 nitrogen and oxygen atoms in total. The number of sulfonamides is 1. The quantitative estimate of drug-likeness (QED) is 0.806. The van der Waals surface area contributed by atoms with Crippen molar-refractivity contribution in [1.82, 2.24) is 4.31 Å². The lowest BCUT2D eigenvalue weighted by molar-refractivity contribution is 0.349. The largest absolute Gasteiger partial charge is 0.493 e. The zero-order chi connectivity index (χ0) is 17.2. The molecule has 2 aromatic rings. The van der Waals surface area contributed by atoms with Crippen molar-refractivity contribution in [2.45, 2.75) is 18.4 Å². The minimum absolute atomic E-state index is 0.00996. The summed E-state index contributed by atoms with van der Waals surface area (Å²) in [5.41, 5.74) is 0. The standard InChI is InChI=1S/C15H18FNO5S/c1-10-5-6-11(22-10)9-17(2)23(18,19)15-8-14(21-4)13(20-3)7-12(15)16/h5-8H,9H2,1-4H3. The van der Waals surface area contributed by atoms with Crippen LogP contribution in [0.25, 0.3) is 0 Å². The van der Waals surface area contributed by atoms with E-state index in [1.807, 2.05) is 0 Å². The molecule has 0 aliphatic carbocycles. The fraction of sp³-hybridized carbons (Fsp3) is 0.333. The third kappa shape index (κ3) is 3.48. The fourth-order valence-corrected chi connectivity index (χ4v) is 3.27. The van der Waals surface area contributed by atoms with E-state index in [1.54, 1.807) is 19.1 Å². The second kappa shape index (κ2) is 6.59. The van der Waals surface area contributed by atoms with Gasteiger partial charge in [-0.15, -0.1) is 0 Å². The van der Waals surface area contributed by atoms with Crippen molar-refractivity contribution in [3.63, 3.8) is 0 Å². The SMILES string of the molecule is COc1cc(F)c(S(=O)(=O)N(C)Cc2ccc(C)o2)cc1OC. The van der Waals surface area contributed by atoms with Gasteiger partial charge in [0.2, 0.25) is 10.0 Å². The van der Waals surface area contributed by atoms with Crippen LogP contribution in [0.3, 0.4) is 0 Å². The van der Waals surface area contributed by atoms with Gasteiger partial charge in [-0.05, 0) is 19.1 Å². The van der Waals surface area contributed by atoms with Crippen LogP contribution in [0.5, 0.6) is 11.5 Å². The number of aryl methyl sites for hydroxylation is 1. The van der Waals surface area contributed by atoms with E-state index in [1.165, 1.54) is 21.3 Å². The highest BCUT2D eigenvalue weighted by Crippen LogP contribution is 2.33. The highest BCUT2D eigenvalue weighted by atomic mass is 32.2. The highest BCUT2D eigenvalue weighted by molar-refractivity contribution is 7.89. The predicted molar refractivity (Wildman–Crippen MR) is 81.6 cm³/mol. The van der Waals surface area contributed by atoms with Crippen LogP contribution in [0.1, 0.15) is 11.5 Å². The summed E-state index contributed by atoms with van der Waals surface area (Å²) in [6.45, 7) is 1.75. The number of methoxy groups -OCH3 is 2. The highest BCUT2D eigenvalue weighted by Gasteiger charge is 2.27. The summed E-state index contributed by atoms with van der Waals surface area (Å²) in [6, 6.07) is 5.49. The van der Waals surface area contributed by atoms with Gasteiger partial charge in [0.25, 0.3) is 0 Å². The van der Waals surface area contributed by atoms with Crippen molar-refractivity contribution in [1.29, 1.82) is 0 Å². The molecule has 1 heterocycles. The van der Waals surface area contributed by atoms with Crippen LogP contribution >= 0.6 is 0 Å². The third-order valence-electron chi connectivity index (χ3n) is 3.30. The molecule has 0 N–H and O–H groups in total. The number of hydrogen-bond donors (Lipinski definition) is 0. The molecule has 0 bridgehead atoms. The number of hydrogen-bond acceptors (Lipinski definition) is 5. The van der Waals surface area contributed by atoms with E-state index in [4.69, 9.17) is 13.9 Å². The molecule has 0 fully saturated rings. The lowest BCUT2D eigenvalue weighted by atomic mass is 10.3. The van der Waals surface area contributed by atoms with Crippen LogP contribution in [0.4, 0.5) is 4.39 Å². The molecular weight excluding hydrogens is 325 g/mol. The molecule has 0 aliphatic rings. The van der Waals surface area contributed by atoms with Gasteiger partial charge in [-0.3, -0.25) is 0 Å². The first-order valence-corrected chi connectivity index (χ1v) is 8.16. The fourth-order valence-electron chi connectivity index (χ4n) is 2.08. The van der Waals surface area contributed by atoms with E-state index in [0.29, 0.717) is 11.5 Å². The molecule has 126 valence electrons. The minimum Gasteiger partial charge on any atom is -0.493 e. The van der Waals surface area contributed by atoms with Gasteiger partial charge in [0.05, 0.1) is 20.8 Å². The topological polar surface area (TPSA) is 69.0 Å². The lowest BCUT2D eigenvalue weighted by Crippen LogP contribution is -2.27. The smallest absolute Gasteiger partial charge is 0.246 e. The first kappa shape index (κ1) is 17.3. The average Bonchev–Trinajstić information content (AvgIpc) is 2.91. The lowest BCUT2D eigenvalue weighted by Gasteiger charge is -2.18. The van der Waals surface area contributed by atoms with E-state index in [9.17, 15) is 12.8 Å². The van der Waals surface area contributed by atoms with Crippen LogP contribution < -0.4 is 9.47 Å². The Hall–Kier alpha value is -2.06. The van der Waals surface area contributed by atoms with Crippen molar-refractivity contribution in [2.24, 2.45) is 0 Å². The second-order valence-corrected chi connectivity index (χ2v) is 6.92. The number of ether oxygens (including phenoxy) is 2. The second-order valence-electron chi connectivity index (χ2n) is 4.91. The van der Waals surface area contributed by atoms with Gasteiger partial charge in [0.15, 0.2) is 11.5 Å². The maximum atomic E-state index is 14.2. The first-order valence-electron chi connectivity index (χ1n) is 6.72. The molecule has 0 amide bonds. The summed E-state index contributed by atoms with van der Waals surface area (Å²) >= 11 is 0. The summed E-state index contributed by atoms with van der Waals surface area (Å²) in [6.07, 6.45) is 0. The van der Waals surface area contributed by atoms with Crippen molar-refractivity contribution < 1.29 is 26.7 Å². The van der Waals surface area contributed by atoms with E-state index in [2.05, 4.69) is 0 Å². The van der Waals surface area contributed by atoms with Gasteiger partial charge in [0, 0.05) is 19.2 Å². The first-order chi connectivity index (χ1) is 10.8. The van der Waals surface area contributed by atoms with Gasteiger partial charge in [-0.2, -0.15) is 4.31 Å². The van der Waals surface area contributed by atoms with E-state index in [0.717, 1.165) is 16.4 Å². The monoisotopic (exact) mass is 343 g/mol.